The Morgan fingerprint density at radius 1 is 0.541 bits per heavy atom. The Kier molecular flexibility index (Phi) is 7.75. The van der Waals surface area contributed by atoms with Crippen LogP contribution >= 0.6 is 0 Å². The van der Waals surface area contributed by atoms with Gasteiger partial charge in [0, 0.05) is 22.5 Å². The smallest absolute Gasteiger partial charge is 0.419 e. The molecule has 0 spiro atoms. The monoisotopic (exact) mass is 536 g/mol. The van der Waals surface area contributed by atoms with Gasteiger partial charge in [-0.1, -0.05) is 60.7 Å². The van der Waals surface area contributed by atoms with Crippen molar-refractivity contribution in [3.8, 4) is 0 Å². The number of rotatable bonds is 2. The van der Waals surface area contributed by atoms with Gasteiger partial charge in [0.2, 0.25) is 0 Å². The first-order valence-corrected chi connectivity index (χ1v) is 11.2. The third-order valence-electron chi connectivity index (χ3n) is 5.40. The standard InChI is InChI=1S/2C14H11N3O.Zn/c2*1-9-5-4-8-12(15-9)16-13-10-6-2-3-7-11(10)14(18)17-13;/h2*2-8H,1H3,(H,15,16,17,18);/q;;+2/p-2. The molecule has 9 heteroatoms. The van der Waals surface area contributed by atoms with Gasteiger partial charge in [0.1, 0.15) is 0 Å². The minimum atomic E-state index is -0.239. The molecule has 0 aliphatic carbocycles. The van der Waals surface area contributed by atoms with Crippen molar-refractivity contribution in [2.45, 2.75) is 13.8 Å². The van der Waals surface area contributed by atoms with Crippen LogP contribution in [0.4, 0.5) is 11.6 Å². The molecule has 8 nitrogen and oxygen atoms in total. The predicted octanol–water partition coefficient (Wildman–Crippen LogP) is 5.99. The minimum absolute atomic E-state index is 0. The molecular weight excluding hydrogens is 518 g/mol. The van der Waals surface area contributed by atoms with E-state index in [4.69, 9.17) is 0 Å². The number of aryl methyl sites for hydroxylation is 2. The fourth-order valence-corrected chi connectivity index (χ4v) is 3.73. The fourth-order valence-electron chi connectivity index (χ4n) is 3.73. The number of pyridine rings is 2. The first-order valence-electron chi connectivity index (χ1n) is 11.2. The van der Waals surface area contributed by atoms with Crippen LogP contribution in [-0.2, 0) is 19.5 Å². The van der Waals surface area contributed by atoms with E-state index in [2.05, 4.69) is 30.6 Å². The maximum absolute atomic E-state index is 11.7. The molecule has 37 heavy (non-hydrogen) atoms. The van der Waals surface area contributed by atoms with Crippen LogP contribution < -0.4 is 0 Å². The molecule has 0 bridgehead atoms. The van der Waals surface area contributed by atoms with Gasteiger partial charge in [0.25, 0.3) is 0 Å². The maximum Gasteiger partial charge on any atom is 2.00 e. The average molecular weight is 538 g/mol. The van der Waals surface area contributed by atoms with Crippen LogP contribution in [0.5, 0.6) is 0 Å². The number of nitrogens with zero attached hydrogens (tertiary/aromatic N) is 6. The Hall–Kier alpha value is -4.36. The van der Waals surface area contributed by atoms with Gasteiger partial charge in [-0.25, -0.2) is 0 Å². The van der Waals surface area contributed by atoms with E-state index < -0.39 is 0 Å². The van der Waals surface area contributed by atoms with Crippen LogP contribution in [0.2, 0.25) is 0 Å². The molecule has 2 amide bonds. The van der Waals surface area contributed by atoms with Crippen LogP contribution in [-0.4, -0.2) is 33.5 Å². The quantitative estimate of drug-likeness (QED) is 0.292. The van der Waals surface area contributed by atoms with E-state index in [1.54, 1.807) is 24.3 Å². The first kappa shape index (κ1) is 25.7. The Morgan fingerprint density at radius 3 is 1.30 bits per heavy atom. The summed E-state index contributed by atoms with van der Waals surface area (Å²) in [5.41, 5.74) is 4.51. The van der Waals surface area contributed by atoms with Crippen molar-refractivity contribution in [2.75, 3.05) is 0 Å². The molecule has 176 valence electrons. The molecule has 4 aromatic rings. The number of amides is 2. The Bertz CT molecular complexity index is 1450. The Balaban J connectivity index is 0.000000168. The summed E-state index contributed by atoms with van der Waals surface area (Å²) in [6.07, 6.45) is 0. The molecule has 0 saturated carbocycles. The van der Waals surface area contributed by atoms with Crippen molar-refractivity contribution >= 4 is 35.1 Å². The summed E-state index contributed by atoms with van der Waals surface area (Å²) >= 11 is 0. The maximum atomic E-state index is 11.7. The molecule has 4 heterocycles. The van der Waals surface area contributed by atoms with E-state index in [1.807, 2.05) is 74.5 Å². The molecule has 0 radical (unpaired) electrons. The summed E-state index contributed by atoms with van der Waals surface area (Å²) in [6, 6.07) is 25.7. The summed E-state index contributed by atoms with van der Waals surface area (Å²) in [4.78, 5) is 40.5. The summed E-state index contributed by atoms with van der Waals surface area (Å²) in [5, 5.41) is 7.90. The second-order valence-corrected chi connectivity index (χ2v) is 8.07. The number of aliphatic imine (C=N–C) groups is 2. The molecular formula is C28H20N6O2Zn. The third kappa shape index (κ3) is 5.73. The van der Waals surface area contributed by atoms with Crippen molar-refractivity contribution in [3.05, 3.63) is 129 Å². The third-order valence-corrected chi connectivity index (χ3v) is 5.40. The van der Waals surface area contributed by atoms with E-state index in [-0.39, 0.29) is 31.3 Å². The van der Waals surface area contributed by atoms with Crippen molar-refractivity contribution in [1.82, 2.24) is 9.97 Å². The van der Waals surface area contributed by atoms with Gasteiger partial charge in [-0.2, -0.15) is 0 Å². The zero-order chi connectivity index (χ0) is 25.1. The Labute approximate surface area is 226 Å². The molecule has 0 unspecified atom stereocenters. The number of carbonyl (C=O) groups excluding carboxylic acids is 2. The number of carbonyl (C=O) groups is 2. The molecule has 0 fully saturated rings. The summed E-state index contributed by atoms with van der Waals surface area (Å²) in [7, 11) is 0. The van der Waals surface area contributed by atoms with Gasteiger partial charge < -0.3 is 20.6 Å². The van der Waals surface area contributed by atoms with E-state index in [9.17, 15) is 9.59 Å². The zero-order valence-electron chi connectivity index (χ0n) is 20.3. The van der Waals surface area contributed by atoms with Gasteiger partial charge in [0.15, 0.2) is 11.8 Å². The van der Waals surface area contributed by atoms with Crippen LogP contribution in [0.25, 0.3) is 10.6 Å². The average Bonchev–Trinajstić information content (AvgIpc) is 3.36. The summed E-state index contributed by atoms with van der Waals surface area (Å²) < 4.78 is 0. The van der Waals surface area contributed by atoms with E-state index in [0.717, 1.165) is 22.5 Å². The van der Waals surface area contributed by atoms with Gasteiger partial charge in [0.05, 0.1) is 11.6 Å². The summed E-state index contributed by atoms with van der Waals surface area (Å²) in [6.45, 7) is 3.79. The fraction of sp³-hybridized carbons (Fsp3) is 0.0714. The number of aromatic nitrogens is 2. The molecule has 0 atom stereocenters. The van der Waals surface area contributed by atoms with Gasteiger partial charge in [-0.3, -0.25) is 19.6 Å². The van der Waals surface area contributed by atoms with E-state index in [1.165, 1.54) is 0 Å². The van der Waals surface area contributed by atoms with Crippen molar-refractivity contribution in [2.24, 2.45) is 9.98 Å². The topological polar surface area (TPSA) is 113 Å². The molecule has 2 aromatic carbocycles. The van der Waals surface area contributed by atoms with Gasteiger partial charge in [-0.05, 0) is 60.9 Å². The van der Waals surface area contributed by atoms with Crippen LogP contribution in [0.1, 0.15) is 43.2 Å². The first-order chi connectivity index (χ1) is 17.5. The van der Waals surface area contributed by atoms with Crippen LogP contribution in [0.3, 0.4) is 0 Å². The normalized spacial score (nSPS) is 15.2. The van der Waals surface area contributed by atoms with Crippen molar-refractivity contribution < 1.29 is 29.1 Å². The summed E-state index contributed by atoms with van der Waals surface area (Å²) in [5.74, 6) is 1.54. The molecule has 2 aliphatic heterocycles. The van der Waals surface area contributed by atoms with Gasteiger partial charge >= 0.3 is 19.5 Å². The predicted molar refractivity (Wildman–Crippen MR) is 139 cm³/mol. The van der Waals surface area contributed by atoms with Crippen LogP contribution in [0.15, 0.2) is 94.9 Å². The number of hydrogen-bond donors (Lipinski definition) is 0. The molecule has 0 N–H and O–H groups in total. The van der Waals surface area contributed by atoms with E-state index in [0.29, 0.717) is 34.4 Å². The van der Waals surface area contributed by atoms with E-state index >= 15 is 0 Å². The van der Waals surface area contributed by atoms with Crippen molar-refractivity contribution in [3.63, 3.8) is 0 Å². The molecule has 2 aromatic heterocycles. The molecule has 2 aliphatic rings. The number of benzene rings is 2. The molecule has 6 rings (SSSR count). The second kappa shape index (κ2) is 11.1. The second-order valence-electron chi connectivity index (χ2n) is 8.07. The number of hydrogen-bond acceptors (Lipinski definition) is 6. The minimum Gasteiger partial charge on any atom is -0.419 e. The van der Waals surface area contributed by atoms with Gasteiger partial charge in [-0.15, -0.1) is 0 Å². The van der Waals surface area contributed by atoms with Crippen molar-refractivity contribution in [1.29, 1.82) is 0 Å². The number of fused-ring (bicyclic) bond motifs is 2. The zero-order valence-corrected chi connectivity index (χ0v) is 23.3. The van der Waals surface area contributed by atoms with Crippen LogP contribution in [0, 0.1) is 13.8 Å². The SMILES string of the molecule is Cc1cccc(/N=C2\[N-]C(=O)c3ccccc32)n1.Cc1cccc(/N=C2\[N-]C(=O)c3ccccc32)n1.[Zn+2]. The molecule has 0 saturated heterocycles. The Morgan fingerprint density at radius 2 is 0.919 bits per heavy atom. The number of amidine groups is 2. The largest absolute Gasteiger partial charge is 2.00 e.